The van der Waals surface area contributed by atoms with Gasteiger partial charge in [0, 0.05) is 17.2 Å². The van der Waals surface area contributed by atoms with Crippen LogP contribution in [0, 0.1) is 0 Å². The summed E-state index contributed by atoms with van der Waals surface area (Å²) in [4.78, 5) is 14.6. The maximum absolute atomic E-state index is 12.6. The van der Waals surface area contributed by atoms with Crippen molar-refractivity contribution in [2.45, 2.75) is 18.9 Å². The summed E-state index contributed by atoms with van der Waals surface area (Å²) >= 11 is 0. The van der Waals surface area contributed by atoms with E-state index < -0.39 is 0 Å². The lowest BCUT2D eigenvalue weighted by molar-refractivity contribution is 0.0843. The van der Waals surface area contributed by atoms with Crippen molar-refractivity contribution in [3.8, 4) is 5.75 Å². The van der Waals surface area contributed by atoms with Gasteiger partial charge in [-0.3, -0.25) is 4.79 Å². The molecule has 1 aliphatic heterocycles. The Bertz CT molecular complexity index is 757. The van der Waals surface area contributed by atoms with Gasteiger partial charge < -0.3 is 9.64 Å². The lowest BCUT2D eigenvalue weighted by Gasteiger charge is -2.17. The van der Waals surface area contributed by atoms with Crippen LogP contribution in [-0.4, -0.2) is 24.0 Å². The monoisotopic (exact) mass is 291 g/mol. The molecule has 2 aliphatic rings. The predicted octanol–water partition coefficient (Wildman–Crippen LogP) is 3.81. The van der Waals surface area contributed by atoms with Crippen LogP contribution in [0.3, 0.4) is 0 Å². The molecule has 0 radical (unpaired) electrons. The van der Waals surface area contributed by atoms with E-state index in [2.05, 4.69) is 6.08 Å². The highest BCUT2D eigenvalue weighted by Gasteiger charge is 2.41. The molecule has 1 saturated carbocycles. The van der Waals surface area contributed by atoms with Crippen molar-refractivity contribution in [2.24, 2.45) is 0 Å². The first-order valence-electron chi connectivity index (χ1n) is 7.56. The number of hydrogen-bond acceptors (Lipinski definition) is 2. The molecule has 1 aliphatic carbocycles. The molecule has 4 rings (SSSR count). The zero-order chi connectivity index (χ0) is 15.1. The number of methoxy groups -OCH3 is 1. The Hall–Kier alpha value is -2.55. The average Bonchev–Trinajstić information content (AvgIpc) is 3.36. The first kappa shape index (κ1) is 13.1. The standard InChI is InChI=1S/C19H17NO2/c1-22-15-10-6-13(7-11-15)12-18-16-4-2-3-5-17(16)19(21)20(18)14-8-9-14/h2-7,10-12,14H,8-9H2,1H3/b18-12-. The quantitative estimate of drug-likeness (QED) is 0.860. The number of ether oxygens (including phenoxy) is 1. The molecule has 2 aromatic rings. The maximum atomic E-state index is 12.6. The Kier molecular flexibility index (Phi) is 3.00. The van der Waals surface area contributed by atoms with E-state index >= 15 is 0 Å². The molecule has 1 fully saturated rings. The van der Waals surface area contributed by atoms with E-state index in [1.165, 1.54) is 0 Å². The molecule has 0 saturated heterocycles. The number of carbonyl (C=O) groups is 1. The Morgan fingerprint density at radius 1 is 1.05 bits per heavy atom. The van der Waals surface area contributed by atoms with Crippen LogP contribution in [0.5, 0.6) is 5.75 Å². The molecule has 110 valence electrons. The molecule has 22 heavy (non-hydrogen) atoms. The second-order valence-electron chi connectivity index (χ2n) is 5.75. The molecule has 0 spiro atoms. The molecule has 1 heterocycles. The second kappa shape index (κ2) is 5.02. The van der Waals surface area contributed by atoms with Crippen molar-refractivity contribution < 1.29 is 9.53 Å². The summed E-state index contributed by atoms with van der Waals surface area (Å²) in [6.07, 6.45) is 4.29. The largest absolute Gasteiger partial charge is 0.497 e. The third-order valence-electron chi connectivity index (χ3n) is 4.24. The summed E-state index contributed by atoms with van der Waals surface area (Å²) in [5.74, 6) is 0.974. The molecule has 3 heteroatoms. The highest BCUT2D eigenvalue weighted by Crippen LogP contribution is 2.42. The number of fused-ring (bicyclic) bond motifs is 1. The van der Waals surface area contributed by atoms with Crippen LogP contribution in [-0.2, 0) is 0 Å². The first-order valence-corrected chi connectivity index (χ1v) is 7.56. The fraction of sp³-hybridized carbons (Fsp3) is 0.211. The highest BCUT2D eigenvalue weighted by atomic mass is 16.5. The topological polar surface area (TPSA) is 29.5 Å². The van der Waals surface area contributed by atoms with Crippen LogP contribution >= 0.6 is 0 Å². The molecule has 0 aromatic heterocycles. The minimum absolute atomic E-state index is 0.137. The van der Waals surface area contributed by atoms with Crippen molar-refractivity contribution in [1.29, 1.82) is 0 Å². The normalized spacial score (nSPS) is 18.7. The molecule has 3 nitrogen and oxygen atoms in total. The molecule has 2 aromatic carbocycles. The summed E-state index contributed by atoms with van der Waals surface area (Å²) in [5.41, 5.74) is 3.95. The van der Waals surface area contributed by atoms with Crippen LogP contribution in [0.4, 0.5) is 0 Å². The number of hydrogen-bond donors (Lipinski definition) is 0. The Morgan fingerprint density at radius 3 is 2.36 bits per heavy atom. The SMILES string of the molecule is COc1ccc(/C=C2/c3ccccc3C(=O)N2C2CC2)cc1. The predicted molar refractivity (Wildman–Crippen MR) is 86.5 cm³/mol. The lowest BCUT2D eigenvalue weighted by Crippen LogP contribution is -2.25. The van der Waals surface area contributed by atoms with Gasteiger partial charge in [-0.15, -0.1) is 0 Å². The zero-order valence-corrected chi connectivity index (χ0v) is 12.5. The van der Waals surface area contributed by atoms with Gasteiger partial charge in [-0.05, 0) is 42.7 Å². The van der Waals surface area contributed by atoms with Crippen molar-refractivity contribution in [2.75, 3.05) is 7.11 Å². The van der Waals surface area contributed by atoms with E-state index in [1.54, 1.807) is 7.11 Å². The molecule has 0 unspecified atom stereocenters. The number of rotatable bonds is 3. The van der Waals surface area contributed by atoms with Crippen molar-refractivity contribution in [1.82, 2.24) is 4.90 Å². The van der Waals surface area contributed by atoms with Crippen LogP contribution < -0.4 is 4.74 Å². The van der Waals surface area contributed by atoms with E-state index in [1.807, 2.05) is 53.4 Å². The highest BCUT2D eigenvalue weighted by molar-refractivity contribution is 6.12. The maximum Gasteiger partial charge on any atom is 0.259 e. The van der Waals surface area contributed by atoms with Gasteiger partial charge in [0.25, 0.3) is 5.91 Å². The molecule has 0 bridgehead atoms. The number of benzene rings is 2. The van der Waals surface area contributed by atoms with Crippen LogP contribution in [0.25, 0.3) is 11.8 Å². The number of amides is 1. The molecule has 1 amide bonds. The van der Waals surface area contributed by atoms with Crippen molar-refractivity contribution >= 4 is 17.7 Å². The lowest BCUT2D eigenvalue weighted by atomic mass is 10.1. The van der Waals surface area contributed by atoms with Gasteiger partial charge in [0.1, 0.15) is 5.75 Å². The molecular weight excluding hydrogens is 274 g/mol. The zero-order valence-electron chi connectivity index (χ0n) is 12.5. The van der Waals surface area contributed by atoms with E-state index in [-0.39, 0.29) is 5.91 Å². The smallest absolute Gasteiger partial charge is 0.259 e. The third-order valence-corrected chi connectivity index (χ3v) is 4.24. The van der Waals surface area contributed by atoms with Crippen LogP contribution in [0.2, 0.25) is 0 Å². The van der Waals surface area contributed by atoms with Crippen LogP contribution in [0.1, 0.15) is 34.3 Å². The van der Waals surface area contributed by atoms with E-state index in [9.17, 15) is 4.79 Å². The fourth-order valence-electron chi connectivity index (χ4n) is 2.96. The molecular formula is C19H17NO2. The van der Waals surface area contributed by atoms with Gasteiger partial charge >= 0.3 is 0 Å². The van der Waals surface area contributed by atoms with Gasteiger partial charge in [0.05, 0.1) is 12.8 Å². The number of nitrogens with zero attached hydrogens (tertiary/aromatic N) is 1. The molecule has 0 atom stereocenters. The Labute approximate surface area is 129 Å². The first-order chi connectivity index (χ1) is 10.8. The van der Waals surface area contributed by atoms with E-state index in [4.69, 9.17) is 4.74 Å². The van der Waals surface area contributed by atoms with Crippen LogP contribution in [0.15, 0.2) is 48.5 Å². The third kappa shape index (κ3) is 2.10. The summed E-state index contributed by atoms with van der Waals surface area (Å²) < 4.78 is 5.20. The van der Waals surface area contributed by atoms with Gasteiger partial charge in [-0.2, -0.15) is 0 Å². The Balaban J connectivity index is 1.79. The summed E-state index contributed by atoms with van der Waals surface area (Å²) in [7, 11) is 1.66. The van der Waals surface area contributed by atoms with Crippen molar-refractivity contribution in [3.05, 3.63) is 65.2 Å². The summed E-state index contributed by atoms with van der Waals surface area (Å²) in [6.45, 7) is 0. The number of carbonyl (C=O) groups excluding carboxylic acids is 1. The van der Waals surface area contributed by atoms with Crippen molar-refractivity contribution in [3.63, 3.8) is 0 Å². The van der Waals surface area contributed by atoms with E-state index in [0.717, 1.165) is 41.0 Å². The summed E-state index contributed by atoms with van der Waals surface area (Å²) in [5, 5.41) is 0. The van der Waals surface area contributed by atoms with Gasteiger partial charge in [-0.1, -0.05) is 30.3 Å². The minimum atomic E-state index is 0.137. The average molecular weight is 291 g/mol. The summed E-state index contributed by atoms with van der Waals surface area (Å²) in [6, 6.07) is 16.2. The minimum Gasteiger partial charge on any atom is -0.497 e. The fourth-order valence-corrected chi connectivity index (χ4v) is 2.96. The Morgan fingerprint density at radius 2 is 1.73 bits per heavy atom. The van der Waals surface area contributed by atoms with E-state index in [0.29, 0.717) is 6.04 Å². The van der Waals surface area contributed by atoms with Gasteiger partial charge in [0.2, 0.25) is 0 Å². The molecule has 0 N–H and O–H groups in total. The van der Waals surface area contributed by atoms with Gasteiger partial charge in [0.15, 0.2) is 0 Å². The second-order valence-corrected chi connectivity index (χ2v) is 5.75. The van der Waals surface area contributed by atoms with Gasteiger partial charge in [-0.25, -0.2) is 0 Å².